The van der Waals surface area contributed by atoms with E-state index < -0.39 is 15.9 Å². The van der Waals surface area contributed by atoms with Crippen LogP contribution in [0.2, 0.25) is 10.0 Å². The van der Waals surface area contributed by atoms with Gasteiger partial charge in [-0.3, -0.25) is 9.69 Å². The molecule has 1 aliphatic heterocycles. The molecule has 0 radical (unpaired) electrons. The molecule has 2 N–H and O–H groups in total. The molecule has 9 heteroatoms. The fourth-order valence-corrected chi connectivity index (χ4v) is 3.95. The predicted molar refractivity (Wildman–Crippen MR) is 80.9 cm³/mol. The molecule has 1 aromatic carbocycles. The molecule has 0 unspecified atom stereocenters. The SMILES string of the molecule is NC(=O)CN1CCN(S(=O)(=O)c2ccc(Cl)c(Cl)c2)CC1. The van der Waals surface area contributed by atoms with Crippen LogP contribution >= 0.6 is 23.2 Å². The largest absolute Gasteiger partial charge is 0.369 e. The second-order valence-electron chi connectivity index (χ2n) is 4.72. The molecule has 1 aromatic rings. The van der Waals surface area contributed by atoms with Gasteiger partial charge in [-0.15, -0.1) is 0 Å². The Morgan fingerprint density at radius 1 is 1.14 bits per heavy atom. The number of nitrogens with two attached hydrogens (primary N) is 1. The highest BCUT2D eigenvalue weighted by Crippen LogP contribution is 2.26. The zero-order valence-corrected chi connectivity index (χ0v) is 13.5. The zero-order chi connectivity index (χ0) is 15.6. The van der Waals surface area contributed by atoms with Gasteiger partial charge in [0.2, 0.25) is 15.9 Å². The van der Waals surface area contributed by atoms with Crippen LogP contribution in [0, 0.1) is 0 Å². The summed E-state index contributed by atoms with van der Waals surface area (Å²) in [7, 11) is -3.61. The van der Waals surface area contributed by atoms with Crippen LogP contribution in [0.3, 0.4) is 0 Å². The summed E-state index contributed by atoms with van der Waals surface area (Å²) in [6.45, 7) is 1.67. The molecular weight excluding hydrogens is 337 g/mol. The quantitative estimate of drug-likeness (QED) is 0.868. The van der Waals surface area contributed by atoms with Gasteiger partial charge < -0.3 is 5.73 Å². The maximum absolute atomic E-state index is 12.5. The van der Waals surface area contributed by atoms with Gasteiger partial charge in [0.15, 0.2) is 0 Å². The van der Waals surface area contributed by atoms with Crippen molar-refractivity contribution in [2.75, 3.05) is 32.7 Å². The van der Waals surface area contributed by atoms with Crippen molar-refractivity contribution < 1.29 is 13.2 Å². The van der Waals surface area contributed by atoms with E-state index in [-0.39, 0.29) is 16.5 Å². The van der Waals surface area contributed by atoms with Crippen molar-refractivity contribution in [3.05, 3.63) is 28.2 Å². The monoisotopic (exact) mass is 351 g/mol. The third-order valence-electron chi connectivity index (χ3n) is 3.24. The second-order valence-corrected chi connectivity index (χ2v) is 7.47. The Hall–Kier alpha value is -0.860. The first kappa shape index (κ1) is 16.5. The lowest BCUT2D eigenvalue weighted by molar-refractivity contribution is -0.119. The fraction of sp³-hybridized carbons (Fsp3) is 0.417. The molecule has 6 nitrogen and oxygen atoms in total. The lowest BCUT2D eigenvalue weighted by Gasteiger charge is -2.33. The number of benzene rings is 1. The molecular formula is C12H15Cl2N3O3S. The van der Waals surface area contributed by atoms with E-state index in [9.17, 15) is 13.2 Å². The van der Waals surface area contributed by atoms with Crippen LogP contribution in [0.25, 0.3) is 0 Å². The number of halogens is 2. The number of hydrogen-bond donors (Lipinski definition) is 1. The van der Waals surface area contributed by atoms with E-state index in [1.807, 2.05) is 4.90 Å². The van der Waals surface area contributed by atoms with Gasteiger partial charge in [0.25, 0.3) is 0 Å². The van der Waals surface area contributed by atoms with Gasteiger partial charge in [0.1, 0.15) is 0 Å². The number of carbonyl (C=O) groups excluding carboxylic acids is 1. The molecule has 1 saturated heterocycles. The third-order valence-corrected chi connectivity index (χ3v) is 5.87. The van der Waals surface area contributed by atoms with E-state index in [0.717, 1.165) is 0 Å². The Kier molecular flexibility index (Phi) is 5.11. The number of nitrogens with zero attached hydrogens (tertiary/aromatic N) is 2. The minimum absolute atomic E-state index is 0.111. The first-order valence-corrected chi connectivity index (χ1v) is 8.46. The highest BCUT2D eigenvalue weighted by molar-refractivity contribution is 7.89. The number of rotatable bonds is 4. The molecule has 0 atom stereocenters. The number of carbonyl (C=O) groups is 1. The van der Waals surface area contributed by atoms with Crippen molar-refractivity contribution in [1.29, 1.82) is 0 Å². The van der Waals surface area contributed by atoms with Crippen molar-refractivity contribution >= 4 is 39.1 Å². The smallest absolute Gasteiger partial charge is 0.243 e. The first-order chi connectivity index (χ1) is 9.80. The standard InChI is InChI=1S/C12H15Cl2N3O3S/c13-10-2-1-9(7-11(10)14)21(19,20)17-5-3-16(4-6-17)8-12(15)18/h1-2,7H,3-6,8H2,(H2,15,18). The summed E-state index contributed by atoms with van der Waals surface area (Å²) in [6, 6.07) is 4.23. The first-order valence-electron chi connectivity index (χ1n) is 6.26. The van der Waals surface area contributed by atoms with Gasteiger partial charge in [0.05, 0.1) is 21.5 Å². The second kappa shape index (κ2) is 6.50. The summed E-state index contributed by atoms with van der Waals surface area (Å²) in [6.07, 6.45) is 0. The molecule has 1 aliphatic rings. The Bertz CT molecular complexity index is 643. The predicted octanol–water partition coefficient (Wildman–Crippen LogP) is 0.785. The summed E-state index contributed by atoms with van der Waals surface area (Å²) in [5, 5.41) is 0.506. The number of sulfonamides is 1. The van der Waals surface area contributed by atoms with E-state index in [4.69, 9.17) is 28.9 Å². The average Bonchev–Trinajstić information content (AvgIpc) is 2.41. The molecule has 0 bridgehead atoms. The van der Waals surface area contributed by atoms with Crippen molar-refractivity contribution in [2.45, 2.75) is 4.90 Å². The lowest BCUT2D eigenvalue weighted by atomic mass is 10.3. The summed E-state index contributed by atoms with van der Waals surface area (Å²) < 4.78 is 26.4. The molecule has 0 aliphatic carbocycles. The van der Waals surface area contributed by atoms with E-state index >= 15 is 0 Å². The van der Waals surface area contributed by atoms with Crippen molar-refractivity contribution in [1.82, 2.24) is 9.21 Å². The maximum atomic E-state index is 12.5. The summed E-state index contributed by atoms with van der Waals surface area (Å²) in [5.74, 6) is -0.421. The van der Waals surface area contributed by atoms with Crippen molar-refractivity contribution in [3.8, 4) is 0 Å². The number of amides is 1. The highest BCUT2D eigenvalue weighted by atomic mass is 35.5. The molecule has 116 valence electrons. The summed E-state index contributed by atoms with van der Waals surface area (Å²) >= 11 is 11.7. The van der Waals surface area contributed by atoms with E-state index in [1.165, 1.54) is 22.5 Å². The van der Waals surface area contributed by atoms with Gasteiger partial charge in [-0.2, -0.15) is 4.31 Å². The molecule has 2 rings (SSSR count). The third kappa shape index (κ3) is 3.87. The van der Waals surface area contributed by atoms with E-state index in [2.05, 4.69) is 0 Å². The van der Waals surface area contributed by atoms with Crippen LogP contribution in [-0.4, -0.2) is 56.3 Å². The number of piperazine rings is 1. The molecule has 0 saturated carbocycles. The van der Waals surface area contributed by atoms with Crippen molar-refractivity contribution in [3.63, 3.8) is 0 Å². The van der Waals surface area contributed by atoms with Gasteiger partial charge in [-0.1, -0.05) is 23.2 Å². The van der Waals surface area contributed by atoms with Crippen LogP contribution in [0.15, 0.2) is 23.1 Å². The minimum atomic E-state index is -3.61. The normalized spacial score (nSPS) is 17.8. The summed E-state index contributed by atoms with van der Waals surface area (Å²) in [4.78, 5) is 12.8. The highest BCUT2D eigenvalue weighted by Gasteiger charge is 2.29. The Morgan fingerprint density at radius 2 is 1.76 bits per heavy atom. The van der Waals surface area contributed by atoms with Crippen LogP contribution in [0.5, 0.6) is 0 Å². The van der Waals surface area contributed by atoms with E-state index in [0.29, 0.717) is 31.2 Å². The van der Waals surface area contributed by atoms with Crippen LogP contribution in [-0.2, 0) is 14.8 Å². The van der Waals surface area contributed by atoms with Gasteiger partial charge in [-0.05, 0) is 18.2 Å². The molecule has 0 spiro atoms. The van der Waals surface area contributed by atoms with Crippen molar-refractivity contribution in [2.24, 2.45) is 5.73 Å². The lowest BCUT2D eigenvalue weighted by Crippen LogP contribution is -2.50. The maximum Gasteiger partial charge on any atom is 0.243 e. The van der Waals surface area contributed by atoms with Crippen LogP contribution < -0.4 is 5.73 Å². The average molecular weight is 352 g/mol. The Morgan fingerprint density at radius 3 is 2.29 bits per heavy atom. The summed E-state index contributed by atoms with van der Waals surface area (Å²) in [5.41, 5.74) is 5.13. The molecule has 0 aromatic heterocycles. The Balaban J connectivity index is 2.11. The van der Waals surface area contributed by atoms with Gasteiger partial charge >= 0.3 is 0 Å². The van der Waals surface area contributed by atoms with Gasteiger partial charge in [-0.25, -0.2) is 8.42 Å². The minimum Gasteiger partial charge on any atom is -0.369 e. The fourth-order valence-electron chi connectivity index (χ4n) is 2.13. The number of primary amides is 1. The molecule has 1 heterocycles. The molecule has 1 fully saturated rings. The van der Waals surface area contributed by atoms with Crippen LogP contribution in [0.1, 0.15) is 0 Å². The molecule has 1 amide bonds. The van der Waals surface area contributed by atoms with Crippen LogP contribution in [0.4, 0.5) is 0 Å². The topological polar surface area (TPSA) is 83.7 Å². The number of hydrogen-bond acceptors (Lipinski definition) is 4. The molecule has 21 heavy (non-hydrogen) atoms. The van der Waals surface area contributed by atoms with E-state index in [1.54, 1.807) is 0 Å². The van der Waals surface area contributed by atoms with Gasteiger partial charge in [0, 0.05) is 26.2 Å². The Labute approximate surface area is 133 Å². The zero-order valence-electron chi connectivity index (χ0n) is 11.1.